The van der Waals surface area contributed by atoms with Gasteiger partial charge in [-0.1, -0.05) is 23.7 Å². The van der Waals surface area contributed by atoms with Crippen LogP contribution in [0.15, 0.2) is 52.3 Å². The van der Waals surface area contributed by atoms with E-state index in [1.165, 1.54) is 36.0 Å². The number of carbonyl (C=O) groups is 1. The van der Waals surface area contributed by atoms with Crippen LogP contribution in [0.1, 0.15) is 11.1 Å². The van der Waals surface area contributed by atoms with Gasteiger partial charge in [0.25, 0.3) is 0 Å². The molecule has 5 nitrogen and oxygen atoms in total. The minimum absolute atomic E-state index is 0.173. The van der Waals surface area contributed by atoms with Gasteiger partial charge in [0, 0.05) is 16.5 Å². The van der Waals surface area contributed by atoms with Crippen molar-refractivity contribution in [3.63, 3.8) is 0 Å². The summed E-state index contributed by atoms with van der Waals surface area (Å²) in [5, 5.41) is 9.15. The summed E-state index contributed by atoms with van der Waals surface area (Å²) in [6.07, 6.45) is 1.03. The predicted molar refractivity (Wildman–Crippen MR) is 97.8 cm³/mol. The molecule has 0 spiro atoms. The predicted octanol–water partition coefficient (Wildman–Crippen LogP) is 2.96. The van der Waals surface area contributed by atoms with Crippen molar-refractivity contribution in [1.82, 2.24) is 4.72 Å². The molecule has 2 aromatic rings. The quantitative estimate of drug-likeness (QED) is 0.782. The zero-order chi connectivity index (χ0) is 18.0. The van der Waals surface area contributed by atoms with Gasteiger partial charge < -0.3 is 5.11 Å². The molecule has 2 aromatic carbocycles. The Bertz CT molecular complexity index is 897. The van der Waals surface area contributed by atoms with Gasteiger partial charge in [-0.2, -0.15) is 0 Å². The van der Waals surface area contributed by atoms with E-state index in [9.17, 15) is 13.2 Å². The van der Waals surface area contributed by atoms with E-state index < -0.39 is 21.2 Å². The van der Waals surface area contributed by atoms with Crippen molar-refractivity contribution in [3.8, 4) is 0 Å². The maximum atomic E-state index is 12.2. The monoisotopic (exact) mass is 397 g/mol. The summed E-state index contributed by atoms with van der Waals surface area (Å²) < 4.78 is 27.0. The highest BCUT2D eigenvalue weighted by atomic mass is 35.5. The number of carboxylic acid groups (broad SMARTS) is 1. The largest absolute Gasteiger partial charge is 0.480 e. The number of nitrogens with one attached hydrogen (secondary N) is 1. The second-order valence-corrected chi connectivity index (χ2v) is 9.14. The van der Waals surface area contributed by atoms with Crippen LogP contribution < -0.4 is 4.72 Å². The summed E-state index contributed by atoms with van der Waals surface area (Å²) in [4.78, 5) is 12.2. The second kappa shape index (κ2) is 7.37. The smallest absolute Gasteiger partial charge is 0.317 e. The van der Waals surface area contributed by atoms with E-state index in [4.69, 9.17) is 16.7 Å². The fraction of sp³-hybridized carbons (Fsp3) is 0.235. The van der Waals surface area contributed by atoms with Crippen LogP contribution in [0.4, 0.5) is 0 Å². The van der Waals surface area contributed by atoms with Crippen molar-refractivity contribution >= 4 is 39.4 Å². The van der Waals surface area contributed by atoms with E-state index in [0.717, 1.165) is 16.0 Å². The van der Waals surface area contributed by atoms with Crippen LogP contribution in [0.5, 0.6) is 0 Å². The highest BCUT2D eigenvalue weighted by Gasteiger charge is 2.27. The molecule has 0 bridgehead atoms. The Morgan fingerprint density at radius 3 is 2.64 bits per heavy atom. The van der Waals surface area contributed by atoms with E-state index in [1.807, 2.05) is 18.2 Å². The normalized spacial score (nSPS) is 16.6. The number of hydrogen-bond acceptors (Lipinski definition) is 4. The van der Waals surface area contributed by atoms with Gasteiger partial charge in [0.05, 0.1) is 4.90 Å². The Kier molecular flexibility index (Phi) is 5.38. The molecule has 8 heteroatoms. The first-order valence-corrected chi connectivity index (χ1v) is 10.4. The average Bonchev–Trinajstić information content (AvgIpc) is 2.99. The molecular formula is C17H16ClNO4S2. The molecule has 1 unspecified atom stereocenters. The third kappa shape index (κ3) is 4.36. The van der Waals surface area contributed by atoms with Gasteiger partial charge >= 0.3 is 5.97 Å². The van der Waals surface area contributed by atoms with Crippen molar-refractivity contribution in [2.24, 2.45) is 0 Å². The number of sulfonamides is 1. The summed E-state index contributed by atoms with van der Waals surface area (Å²) in [6.45, 7) is 0.263. The summed E-state index contributed by atoms with van der Waals surface area (Å²) in [5.41, 5.74) is 1.99. The van der Waals surface area contributed by atoms with E-state index >= 15 is 0 Å². The number of rotatable bonds is 6. The van der Waals surface area contributed by atoms with E-state index in [1.54, 1.807) is 0 Å². The molecule has 1 aliphatic rings. The number of benzene rings is 2. The first-order chi connectivity index (χ1) is 11.8. The van der Waals surface area contributed by atoms with Crippen molar-refractivity contribution < 1.29 is 18.3 Å². The topological polar surface area (TPSA) is 83.5 Å². The number of hydrogen-bond donors (Lipinski definition) is 2. The minimum Gasteiger partial charge on any atom is -0.480 e. The lowest BCUT2D eigenvalue weighted by atomic mass is 10.0. The van der Waals surface area contributed by atoms with E-state index in [2.05, 4.69) is 4.72 Å². The Hall–Kier alpha value is -1.54. The molecule has 0 aliphatic carbocycles. The molecule has 1 aliphatic heterocycles. The molecule has 0 saturated heterocycles. The first-order valence-electron chi connectivity index (χ1n) is 7.62. The molecule has 0 fully saturated rings. The van der Waals surface area contributed by atoms with Crippen molar-refractivity contribution in [2.75, 3.05) is 6.54 Å². The third-order valence-corrected chi connectivity index (χ3v) is 6.94. The zero-order valence-electron chi connectivity index (χ0n) is 13.1. The van der Waals surface area contributed by atoms with E-state index in [-0.39, 0.29) is 11.4 Å². The van der Waals surface area contributed by atoms with Crippen LogP contribution >= 0.6 is 23.4 Å². The molecule has 25 heavy (non-hydrogen) atoms. The second-order valence-electron chi connectivity index (χ2n) is 5.69. The SMILES string of the molecule is O=C(O)C1Cc2cc(CCNS(=O)(=O)c3ccc(Cl)cc3)ccc2S1. The lowest BCUT2D eigenvalue weighted by molar-refractivity contribution is -0.136. The Labute approximate surface area is 155 Å². The summed E-state index contributed by atoms with van der Waals surface area (Å²) in [5.74, 6) is -0.807. The Morgan fingerprint density at radius 1 is 1.24 bits per heavy atom. The standard InChI is InChI=1S/C17H16ClNO4S2/c18-13-2-4-14(5-3-13)25(22,23)19-8-7-11-1-6-15-12(9-11)10-16(24-15)17(20)21/h1-6,9,16,19H,7-8,10H2,(H,20,21). The van der Waals surface area contributed by atoms with Gasteiger partial charge in [-0.25, -0.2) is 13.1 Å². The highest BCUT2D eigenvalue weighted by Crippen LogP contribution is 2.37. The summed E-state index contributed by atoms with van der Waals surface area (Å²) in [6, 6.07) is 11.8. The van der Waals surface area contributed by atoms with E-state index in [0.29, 0.717) is 17.9 Å². The Morgan fingerprint density at radius 2 is 1.96 bits per heavy atom. The fourth-order valence-corrected chi connectivity index (χ4v) is 4.89. The number of carboxylic acids is 1. The van der Waals surface area contributed by atoms with Crippen molar-refractivity contribution in [1.29, 1.82) is 0 Å². The van der Waals surface area contributed by atoms with Crippen LogP contribution in [0.25, 0.3) is 0 Å². The van der Waals surface area contributed by atoms with Gasteiger partial charge in [0.2, 0.25) is 10.0 Å². The third-order valence-electron chi connectivity index (χ3n) is 3.90. The van der Waals surface area contributed by atoms with Crippen molar-refractivity contribution in [2.45, 2.75) is 27.9 Å². The van der Waals surface area contributed by atoms with Crippen LogP contribution in [-0.2, 0) is 27.7 Å². The lowest BCUT2D eigenvalue weighted by Gasteiger charge is -2.08. The molecule has 0 radical (unpaired) electrons. The lowest BCUT2D eigenvalue weighted by Crippen LogP contribution is -2.26. The summed E-state index contributed by atoms with van der Waals surface area (Å²) in [7, 11) is -3.57. The van der Waals surface area contributed by atoms with Crippen LogP contribution in [0.2, 0.25) is 5.02 Å². The molecule has 0 amide bonds. The molecule has 132 valence electrons. The van der Waals surface area contributed by atoms with Crippen LogP contribution in [0, 0.1) is 0 Å². The number of fused-ring (bicyclic) bond motifs is 1. The number of halogens is 1. The average molecular weight is 398 g/mol. The van der Waals surface area contributed by atoms with Gasteiger partial charge in [0.1, 0.15) is 5.25 Å². The molecule has 0 saturated carbocycles. The maximum Gasteiger partial charge on any atom is 0.317 e. The zero-order valence-corrected chi connectivity index (χ0v) is 15.5. The molecule has 1 atom stereocenters. The van der Waals surface area contributed by atoms with Crippen LogP contribution in [0.3, 0.4) is 0 Å². The van der Waals surface area contributed by atoms with Gasteiger partial charge in [0.15, 0.2) is 0 Å². The molecule has 0 aromatic heterocycles. The fourth-order valence-electron chi connectivity index (χ4n) is 2.62. The van der Waals surface area contributed by atoms with Crippen LogP contribution in [-0.4, -0.2) is 31.3 Å². The minimum atomic E-state index is -3.57. The molecule has 3 rings (SSSR count). The number of thioether (sulfide) groups is 1. The van der Waals surface area contributed by atoms with Gasteiger partial charge in [-0.15, -0.1) is 11.8 Å². The first kappa shape index (κ1) is 18.3. The van der Waals surface area contributed by atoms with Crippen molar-refractivity contribution in [3.05, 3.63) is 58.6 Å². The Balaban J connectivity index is 1.61. The molecular weight excluding hydrogens is 382 g/mol. The maximum absolute atomic E-state index is 12.2. The molecule has 1 heterocycles. The highest BCUT2D eigenvalue weighted by molar-refractivity contribution is 8.01. The van der Waals surface area contributed by atoms with Gasteiger partial charge in [-0.3, -0.25) is 4.79 Å². The molecule has 2 N–H and O–H groups in total. The van der Waals surface area contributed by atoms with Gasteiger partial charge in [-0.05, 0) is 54.3 Å². The number of aliphatic carboxylic acids is 1. The summed E-state index contributed by atoms with van der Waals surface area (Å²) >= 11 is 7.13.